The van der Waals surface area contributed by atoms with Crippen molar-refractivity contribution in [3.8, 4) is 0 Å². The van der Waals surface area contributed by atoms with Crippen LogP contribution in [0.4, 0.5) is 0 Å². The van der Waals surface area contributed by atoms with E-state index >= 15 is 0 Å². The Kier molecular flexibility index (Phi) is 4.30. The molecule has 2 rings (SSSR count). The number of carbonyl (C=O) groups is 1. The average Bonchev–Trinajstić information content (AvgIpc) is 2.97. The Morgan fingerprint density at radius 3 is 2.74 bits per heavy atom. The molecule has 5 nitrogen and oxygen atoms in total. The van der Waals surface area contributed by atoms with Crippen LogP contribution in [0.5, 0.6) is 0 Å². The molecule has 0 aliphatic heterocycles. The van der Waals surface area contributed by atoms with Crippen molar-refractivity contribution < 1.29 is 9.32 Å². The number of amides is 1. The molecule has 0 saturated carbocycles. The highest BCUT2D eigenvalue weighted by molar-refractivity contribution is 5.79. The van der Waals surface area contributed by atoms with E-state index in [2.05, 4.69) is 10.5 Å². The third-order valence-corrected chi connectivity index (χ3v) is 3.06. The SMILES string of the molecule is CC(C(=O)NCc1ccno1)C(N)c1ccccc1. The zero-order valence-corrected chi connectivity index (χ0v) is 10.7. The molecule has 0 spiro atoms. The number of nitrogens with two attached hydrogens (primary N) is 1. The van der Waals surface area contributed by atoms with E-state index in [-0.39, 0.29) is 17.9 Å². The maximum Gasteiger partial charge on any atom is 0.225 e. The van der Waals surface area contributed by atoms with E-state index in [9.17, 15) is 4.79 Å². The highest BCUT2D eigenvalue weighted by Gasteiger charge is 2.21. The average molecular weight is 259 g/mol. The number of carbonyl (C=O) groups excluding carboxylic acids is 1. The zero-order valence-electron chi connectivity index (χ0n) is 10.7. The van der Waals surface area contributed by atoms with Gasteiger partial charge in [-0.25, -0.2) is 0 Å². The summed E-state index contributed by atoms with van der Waals surface area (Å²) in [6, 6.07) is 11.0. The Balaban J connectivity index is 1.91. The smallest absolute Gasteiger partial charge is 0.225 e. The first kappa shape index (κ1) is 13.3. The fraction of sp³-hybridized carbons (Fsp3) is 0.286. The van der Waals surface area contributed by atoms with E-state index in [1.807, 2.05) is 37.3 Å². The van der Waals surface area contributed by atoms with Crippen molar-refractivity contribution in [1.82, 2.24) is 10.5 Å². The largest absolute Gasteiger partial charge is 0.360 e. The van der Waals surface area contributed by atoms with Gasteiger partial charge in [-0.1, -0.05) is 42.4 Å². The van der Waals surface area contributed by atoms with Crippen molar-refractivity contribution in [2.24, 2.45) is 11.7 Å². The Labute approximate surface area is 111 Å². The number of nitrogens with zero attached hydrogens (tertiary/aromatic N) is 1. The molecule has 100 valence electrons. The summed E-state index contributed by atoms with van der Waals surface area (Å²) < 4.78 is 4.91. The van der Waals surface area contributed by atoms with Gasteiger partial charge in [0.15, 0.2) is 5.76 Å². The minimum Gasteiger partial charge on any atom is -0.360 e. The van der Waals surface area contributed by atoms with Crippen LogP contribution in [0, 0.1) is 5.92 Å². The Hall–Kier alpha value is -2.14. The molecule has 2 atom stereocenters. The van der Waals surface area contributed by atoms with Crippen LogP contribution in [0.25, 0.3) is 0 Å². The lowest BCUT2D eigenvalue weighted by atomic mass is 9.95. The maximum absolute atomic E-state index is 12.0. The molecule has 1 amide bonds. The van der Waals surface area contributed by atoms with E-state index in [1.54, 1.807) is 12.3 Å². The summed E-state index contributed by atoms with van der Waals surface area (Å²) in [4.78, 5) is 12.0. The Bertz CT molecular complexity index is 511. The van der Waals surface area contributed by atoms with Crippen molar-refractivity contribution in [3.63, 3.8) is 0 Å². The van der Waals surface area contributed by atoms with E-state index in [0.717, 1.165) is 5.56 Å². The third kappa shape index (κ3) is 3.42. The van der Waals surface area contributed by atoms with Gasteiger partial charge in [0.2, 0.25) is 5.91 Å². The van der Waals surface area contributed by atoms with Crippen LogP contribution < -0.4 is 11.1 Å². The minimum absolute atomic E-state index is 0.104. The second kappa shape index (κ2) is 6.15. The molecule has 0 radical (unpaired) electrons. The molecule has 0 bridgehead atoms. The molecule has 1 aromatic heterocycles. The Morgan fingerprint density at radius 1 is 1.37 bits per heavy atom. The first-order valence-corrected chi connectivity index (χ1v) is 6.16. The second-order valence-corrected chi connectivity index (χ2v) is 4.42. The molecule has 1 heterocycles. The van der Waals surface area contributed by atoms with Gasteiger partial charge in [0, 0.05) is 12.1 Å². The fourth-order valence-electron chi connectivity index (χ4n) is 1.80. The summed E-state index contributed by atoms with van der Waals surface area (Å²) in [5, 5.41) is 6.36. The van der Waals surface area contributed by atoms with Gasteiger partial charge in [-0.2, -0.15) is 0 Å². The molecule has 2 aromatic rings. The van der Waals surface area contributed by atoms with Gasteiger partial charge in [0.25, 0.3) is 0 Å². The molecule has 3 N–H and O–H groups in total. The van der Waals surface area contributed by atoms with Crippen molar-refractivity contribution in [1.29, 1.82) is 0 Å². The summed E-state index contributed by atoms with van der Waals surface area (Å²) in [6.45, 7) is 2.14. The standard InChI is InChI=1S/C14H17N3O2/c1-10(13(15)11-5-3-2-4-6-11)14(18)16-9-12-7-8-17-19-12/h2-8,10,13H,9,15H2,1H3,(H,16,18). The van der Waals surface area contributed by atoms with E-state index in [1.165, 1.54) is 0 Å². The highest BCUT2D eigenvalue weighted by atomic mass is 16.5. The van der Waals surface area contributed by atoms with Gasteiger partial charge in [-0.3, -0.25) is 4.79 Å². The van der Waals surface area contributed by atoms with Crippen LogP contribution in [-0.4, -0.2) is 11.1 Å². The predicted molar refractivity (Wildman–Crippen MR) is 70.9 cm³/mol. The molecular weight excluding hydrogens is 242 g/mol. The first-order chi connectivity index (χ1) is 9.18. The van der Waals surface area contributed by atoms with Gasteiger partial charge >= 0.3 is 0 Å². The number of nitrogens with one attached hydrogen (secondary N) is 1. The predicted octanol–water partition coefficient (Wildman–Crippen LogP) is 1.63. The van der Waals surface area contributed by atoms with Gasteiger partial charge in [0.1, 0.15) is 0 Å². The first-order valence-electron chi connectivity index (χ1n) is 6.16. The van der Waals surface area contributed by atoms with Gasteiger partial charge in [0.05, 0.1) is 18.7 Å². The molecule has 0 aliphatic carbocycles. The number of aromatic nitrogens is 1. The van der Waals surface area contributed by atoms with Gasteiger partial charge in [-0.05, 0) is 5.56 Å². The second-order valence-electron chi connectivity index (χ2n) is 4.42. The van der Waals surface area contributed by atoms with Crippen molar-refractivity contribution in [3.05, 3.63) is 53.9 Å². The highest BCUT2D eigenvalue weighted by Crippen LogP contribution is 2.19. The lowest BCUT2D eigenvalue weighted by Gasteiger charge is -2.19. The van der Waals surface area contributed by atoms with E-state index in [0.29, 0.717) is 12.3 Å². The third-order valence-electron chi connectivity index (χ3n) is 3.06. The fourth-order valence-corrected chi connectivity index (χ4v) is 1.80. The van der Waals surface area contributed by atoms with Crippen LogP contribution in [-0.2, 0) is 11.3 Å². The number of hydrogen-bond acceptors (Lipinski definition) is 4. The zero-order chi connectivity index (χ0) is 13.7. The monoisotopic (exact) mass is 259 g/mol. The Morgan fingerprint density at radius 2 is 2.11 bits per heavy atom. The van der Waals surface area contributed by atoms with Crippen LogP contribution in [0.2, 0.25) is 0 Å². The molecule has 0 saturated heterocycles. The van der Waals surface area contributed by atoms with Crippen LogP contribution in [0.15, 0.2) is 47.1 Å². The number of benzene rings is 1. The number of hydrogen-bond donors (Lipinski definition) is 2. The molecule has 1 aromatic carbocycles. The lowest BCUT2D eigenvalue weighted by Crippen LogP contribution is -2.35. The number of rotatable bonds is 5. The molecule has 2 unspecified atom stereocenters. The van der Waals surface area contributed by atoms with Crippen molar-refractivity contribution in [2.75, 3.05) is 0 Å². The van der Waals surface area contributed by atoms with Crippen molar-refractivity contribution >= 4 is 5.91 Å². The van der Waals surface area contributed by atoms with Crippen LogP contribution >= 0.6 is 0 Å². The minimum atomic E-state index is -0.323. The molecule has 0 aliphatic rings. The van der Waals surface area contributed by atoms with Crippen LogP contribution in [0.1, 0.15) is 24.3 Å². The summed E-state index contributed by atoms with van der Waals surface area (Å²) in [5.41, 5.74) is 7.04. The maximum atomic E-state index is 12.0. The summed E-state index contributed by atoms with van der Waals surface area (Å²) in [5.74, 6) is 0.201. The normalized spacial score (nSPS) is 13.8. The quantitative estimate of drug-likeness (QED) is 0.855. The molecule has 5 heteroatoms. The van der Waals surface area contributed by atoms with E-state index in [4.69, 9.17) is 10.3 Å². The summed E-state index contributed by atoms with van der Waals surface area (Å²) in [7, 11) is 0. The van der Waals surface area contributed by atoms with Crippen molar-refractivity contribution in [2.45, 2.75) is 19.5 Å². The van der Waals surface area contributed by atoms with Gasteiger partial charge in [-0.15, -0.1) is 0 Å². The summed E-state index contributed by atoms with van der Waals surface area (Å²) in [6.07, 6.45) is 1.54. The topological polar surface area (TPSA) is 81.2 Å². The molecular formula is C14H17N3O2. The van der Waals surface area contributed by atoms with E-state index < -0.39 is 0 Å². The van der Waals surface area contributed by atoms with Crippen LogP contribution in [0.3, 0.4) is 0 Å². The molecule has 0 fully saturated rings. The summed E-state index contributed by atoms with van der Waals surface area (Å²) >= 11 is 0. The lowest BCUT2D eigenvalue weighted by molar-refractivity contribution is -0.125. The van der Waals surface area contributed by atoms with Gasteiger partial charge < -0.3 is 15.6 Å². The molecule has 19 heavy (non-hydrogen) atoms.